The number of thiol groups is 1. The van der Waals surface area contributed by atoms with Crippen LogP contribution in [0.3, 0.4) is 0 Å². The fourth-order valence-electron chi connectivity index (χ4n) is 5.13. The van der Waals surface area contributed by atoms with Crippen molar-refractivity contribution in [3.05, 3.63) is 118 Å². The first-order chi connectivity index (χ1) is 17.2. The summed E-state index contributed by atoms with van der Waals surface area (Å²) in [5, 5.41) is 7.00. The molecule has 4 aromatic carbocycles. The number of benzene rings is 4. The molecule has 181 valence electrons. The molecule has 0 amide bonds. The fraction of sp³-hybridized carbons (Fsp3) is 0.200. The van der Waals surface area contributed by atoms with Gasteiger partial charge in [-0.2, -0.15) is 0 Å². The van der Waals surface area contributed by atoms with Crippen molar-refractivity contribution in [3.8, 4) is 0 Å². The van der Waals surface area contributed by atoms with Gasteiger partial charge in [-0.1, -0.05) is 98.2 Å². The van der Waals surface area contributed by atoms with E-state index < -0.39 is 0 Å². The quantitative estimate of drug-likeness (QED) is 0.150. The molecule has 4 aromatic rings. The Morgan fingerprint density at radius 1 is 0.611 bits per heavy atom. The van der Waals surface area contributed by atoms with E-state index in [-0.39, 0.29) is 10.8 Å². The van der Waals surface area contributed by atoms with Gasteiger partial charge in [0.25, 0.3) is 0 Å². The van der Waals surface area contributed by atoms with E-state index in [1.165, 1.54) is 45.0 Å². The Balaban J connectivity index is 0.000000153. The van der Waals surface area contributed by atoms with E-state index in [4.69, 9.17) is 0 Å². The third kappa shape index (κ3) is 5.02. The number of nitrogens with one attached hydrogen (secondary N) is 2. The summed E-state index contributed by atoms with van der Waals surface area (Å²) in [7, 11) is 4.34. The summed E-state index contributed by atoms with van der Waals surface area (Å²) in [6.07, 6.45) is 0. The van der Waals surface area contributed by atoms with Crippen molar-refractivity contribution in [2.45, 2.75) is 38.5 Å². The Kier molecular flexibility index (Phi) is 7.77. The predicted octanol–water partition coefficient (Wildman–Crippen LogP) is 9.08. The second-order valence-corrected chi connectivity index (χ2v) is 11.1. The van der Waals surface area contributed by atoms with E-state index >= 15 is 0 Å². The van der Waals surface area contributed by atoms with E-state index in [2.05, 4.69) is 170 Å². The molecule has 0 aromatic heterocycles. The van der Waals surface area contributed by atoms with Crippen LogP contribution in [0, 0.1) is 0 Å². The maximum absolute atomic E-state index is 4.34. The summed E-state index contributed by atoms with van der Waals surface area (Å²) in [5.74, 6) is 0. The zero-order chi connectivity index (χ0) is 25.9. The molecule has 0 spiro atoms. The average molecular weight is 555 g/mol. The molecule has 3 nitrogen and oxygen atoms in total. The van der Waals surface area contributed by atoms with Crippen LogP contribution in [0.2, 0.25) is 0 Å². The first kappa shape index (κ1) is 26.2. The Labute approximate surface area is 229 Å². The molecule has 2 aliphatic heterocycles. The van der Waals surface area contributed by atoms with Crippen LogP contribution in [0.5, 0.6) is 0 Å². The zero-order valence-electron chi connectivity index (χ0n) is 21.0. The van der Waals surface area contributed by atoms with E-state index in [1.807, 2.05) is 0 Å². The number of halogens is 1. The zero-order valence-corrected chi connectivity index (χ0v) is 23.5. The SMILES string of the molecule is CC1(C)c2ccccc2Nc2ccc(Br)cc21.CC1(C)c2ccccc2Nc2ccccc21.[B]=NS. The summed E-state index contributed by atoms with van der Waals surface area (Å²) in [4.78, 5) is 0. The third-order valence-electron chi connectivity index (χ3n) is 6.99. The van der Waals surface area contributed by atoms with Crippen LogP contribution in [0.15, 0.2) is 99.8 Å². The minimum absolute atomic E-state index is 0.0426. The van der Waals surface area contributed by atoms with E-state index in [0.717, 1.165) is 4.47 Å². The van der Waals surface area contributed by atoms with Crippen molar-refractivity contribution < 1.29 is 0 Å². The molecule has 0 aliphatic carbocycles. The molecule has 0 unspecified atom stereocenters. The number of anilines is 4. The summed E-state index contributed by atoms with van der Waals surface area (Å²) < 4.78 is 3.82. The van der Waals surface area contributed by atoms with Gasteiger partial charge < -0.3 is 10.6 Å². The van der Waals surface area contributed by atoms with Gasteiger partial charge in [0, 0.05) is 38.1 Å². The second-order valence-electron chi connectivity index (χ2n) is 9.94. The van der Waals surface area contributed by atoms with Crippen LogP contribution >= 0.6 is 28.7 Å². The molecule has 2 aliphatic rings. The summed E-state index contributed by atoms with van der Waals surface area (Å²) in [6, 6.07) is 32.0. The van der Waals surface area contributed by atoms with Gasteiger partial charge in [0.05, 0.1) is 0 Å². The van der Waals surface area contributed by atoms with Crippen LogP contribution in [0.25, 0.3) is 0 Å². The molecule has 36 heavy (non-hydrogen) atoms. The van der Waals surface area contributed by atoms with Crippen molar-refractivity contribution in [1.82, 2.24) is 0 Å². The number of fused-ring (bicyclic) bond motifs is 4. The Hall–Kier alpha value is -2.83. The molecular weight excluding hydrogens is 525 g/mol. The molecular formula is C30H30BBrN3S. The van der Waals surface area contributed by atoms with E-state index in [0.29, 0.717) is 0 Å². The minimum atomic E-state index is 0.0426. The molecule has 2 heterocycles. The van der Waals surface area contributed by atoms with Crippen molar-refractivity contribution in [2.75, 3.05) is 10.6 Å². The van der Waals surface area contributed by atoms with Crippen LogP contribution < -0.4 is 10.6 Å². The molecule has 1 radical (unpaired) electrons. The molecule has 6 rings (SSSR count). The molecule has 0 atom stereocenters. The first-order valence-corrected chi connectivity index (χ1v) is 13.1. The number of hydrogen-bond acceptors (Lipinski definition) is 4. The number of rotatable bonds is 0. The van der Waals surface area contributed by atoms with Gasteiger partial charge in [-0.15, -0.1) is 0 Å². The van der Waals surface area contributed by atoms with Gasteiger partial charge in [-0.05, 0) is 58.7 Å². The van der Waals surface area contributed by atoms with Gasteiger partial charge in [0.1, 0.15) is 0 Å². The summed E-state index contributed by atoms with van der Waals surface area (Å²) >= 11 is 6.75. The van der Waals surface area contributed by atoms with Crippen LogP contribution in [0.4, 0.5) is 22.7 Å². The van der Waals surface area contributed by atoms with Crippen LogP contribution in [-0.2, 0) is 10.8 Å². The van der Waals surface area contributed by atoms with E-state index in [1.54, 1.807) is 0 Å². The Morgan fingerprint density at radius 3 is 1.36 bits per heavy atom. The monoisotopic (exact) mass is 554 g/mol. The standard InChI is InChI=1S/C15H14BrN.C15H15N.BHNS/c1-15(2)11-5-3-4-6-13(11)17-14-8-7-10(16)9-12(14)15;1-15(2)11-7-3-5-9-13(11)16-14-10-6-4-8-12(14)15;1-2-3/h3-9,17H,1-2H3;3-10,16H,1-2H3;3H. The Morgan fingerprint density at radius 2 is 0.944 bits per heavy atom. The molecule has 0 saturated heterocycles. The number of nitrogens with zero attached hydrogens (tertiary/aromatic N) is 1. The number of para-hydroxylation sites is 3. The van der Waals surface area contributed by atoms with Crippen LogP contribution in [-0.4, -0.2) is 7.64 Å². The van der Waals surface area contributed by atoms with Crippen molar-refractivity contribution >= 4 is 59.1 Å². The average Bonchev–Trinajstić information content (AvgIpc) is 2.86. The van der Waals surface area contributed by atoms with Gasteiger partial charge in [-0.25, -0.2) is 0 Å². The van der Waals surface area contributed by atoms with Gasteiger partial charge in [-0.3, -0.25) is 0 Å². The molecule has 0 bridgehead atoms. The number of hydrogen-bond donors (Lipinski definition) is 3. The summed E-state index contributed by atoms with van der Waals surface area (Å²) in [5.41, 5.74) is 10.4. The third-order valence-corrected chi connectivity index (χ3v) is 7.49. The maximum atomic E-state index is 4.34. The predicted molar refractivity (Wildman–Crippen MR) is 161 cm³/mol. The summed E-state index contributed by atoms with van der Waals surface area (Å²) in [6.45, 7) is 9.12. The fourth-order valence-corrected chi connectivity index (χ4v) is 5.50. The first-order valence-electron chi connectivity index (χ1n) is 11.9. The van der Waals surface area contributed by atoms with Gasteiger partial charge >= 0.3 is 24.8 Å². The molecule has 2 N–H and O–H groups in total. The van der Waals surface area contributed by atoms with Crippen LogP contribution in [0.1, 0.15) is 49.9 Å². The van der Waals surface area contributed by atoms with Crippen molar-refractivity contribution in [2.24, 2.45) is 4.30 Å². The van der Waals surface area contributed by atoms with Gasteiger partial charge in [0.2, 0.25) is 0 Å². The normalized spacial score (nSPS) is 14.8. The van der Waals surface area contributed by atoms with E-state index in [9.17, 15) is 0 Å². The topological polar surface area (TPSA) is 36.4 Å². The van der Waals surface area contributed by atoms with Crippen molar-refractivity contribution in [1.29, 1.82) is 0 Å². The second kappa shape index (κ2) is 10.7. The Bertz CT molecular complexity index is 1350. The molecule has 0 fully saturated rings. The molecule has 6 heteroatoms. The van der Waals surface area contributed by atoms with Gasteiger partial charge in [0.15, 0.2) is 0 Å². The van der Waals surface area contributed by atoms with Crippen molar-refractivity contribution in [3.63, 3.8) is 0 Å². The molecule has 0 saturated carbocycles.